The maximum Gasteiger partial charge on any atom is 0.231 e. The Morgan fingerprint density at radius 3 is 2.95 bits per heavy atom. The highest BCUT2D eigenvalue weighted by atomic mass is 79.9. The highest BCUT2D eigenvalue weighted by Crippen LogP contribution is 2.31. The summed E-state index contributed by atoms with van der Waals surface area (Å²) < 4.78 is 6.03. The first-order chi connectivity index (χ1) is 9.05. The third kappa shape index (κ3) is 3.28. The molecule has 0 radical (unpaired) electrons. The minimum absolute atomic E-state index is 0.0497. The van der Waals surface area contributed by atoms with Crippen molar-refractivity contribution in [1.82, 2.24) is 5.32 Å². The lowest BCUT2D eigenvalue weighted by atomic mass is 9.82. The molecule has 0 bridgehead atoms. The first kappa shape index (κ1) is 14.3. The Bertz CT molecular complexity index is 471. The van der Waals surface area contributed by atoms with Gasteiger partial charge in [0.25, 0.3) is 0 Å². The second-order valence-electron chi connectivity index (χ2n) is 5.14. The molecule has 1 unspecified atom stereocenters. The van der Waals surface area contributed by atoms with Gasteiger partial charge in [0.05, 0.1) is 18.2 Å². The molecule has 0 saturated carbocycles. The van der Waals surface area contributed by atoms with Gasteiger partial charge in [0, 0.05) is 17.1 Å². The van der Waals surface area contributed by atoms with Crippen LogP contribution in [-0.2, 0) is 4.79 Å². The molecule has 104 valence electrons. The quantitative estimate of drug-likeness (QED) is 0.898. The minimum Gasteiger partial charge on any atom is -0.497 e. The lowest BCUT2D eigenvalue weighted by molar-refractivity contribution is -0.125. The van der Waals surface area contributed by atoms with E-state index >= 15 is 0 Å². The monoisotopic (exact) mass is 326 g/mol. The number of amides is 1. The van der Waals surface area contributed by atoms with Gasteiger partial charge in [-0.1, -0.05) is 0 Å². The molecule has 1 heterocycles. The van der Waals surface area contributed by atoms with Crippen molar-refractivity contribution >= 4 is 27.5 Å². The lowest BCUT2D eigenvalue weighted by Crippen LogP contribution is -2.46. The van der Waals surface area contributed by atoms with E-state index < -0.39 is 0 Å². The molecule has 1 amide bonds. The smallest absolute Gasteiger partial charge is 0.231 e. The number of rotatable bonds is 3. The Morgan fingerprint density at radius 2 is 2.32 bits per heavy atom. The molecule has 19 heavy (non-hydrogen) atoms. The van der Waals surface area contributed by atoms with Crippen LogP contribution in [0.4, 0.5) is 5.69 Å². The SMILES string of the molecule is COc1ccc(Br)c(NC(=O)C2(C)CCCNC2)c1. The van der Waals surface area contributed by atoms with Crippen LogP contribution in [0.15, 0.2) is 22.7 Å². The van der Waals surface area contributed by atoms with E-state index in [1.165, 1.54) is 0 Å². The third-order valence-electron chi connectivity index (χ3n) is 3.57. The molecule has 2 rings (SSSR count). The zero-order chi connectivity index (χ0) is 13.9. The van der Waals surface area contributed by atoms with Crippen LogP contribution in [0.1, 0.15) is 19.8 Å². The van der Waals surface area contributed by atoms with E-state index in [-0.39, 0.29) is 11.3 Å². The van der Waals surface area contributed by atoms with Crippen molar-refractivity contribution in [2.75, 3.05) is 25.5 Å². The summed E-state index contributed by atoms with van der Waals surface area (Å²) in [6.45, 7) is 3.72. The van der Waals surface area contributed by atoms with Gasteiger partial charge in [-0.15, -0.1) is 0 Å². The Balaban J connectivity index is 2.14. The van der Waals surface area contributed by atoms with E-state index in [1.54, 1.807) is 7.11 Å². The number of hydrogen-bond donors (Lipinski definition) is 2. The normalized spacial score (nSPS) is 22.9. The number of halogens is 1. The van der Waals surface area contributed by atoms with Gasteiger partial charge in [-0.3, -0.25) is 4.79 Å². The predicted octanol–water partition coefficient (Wildman–Crippen LogP) is 2.79. The largest absolute Gasteiger partial charge is 0.497 e. The lowest BCUT2D eigenvalue weighted by Gasteiger charge is -2.32. The fourth-order valence-electron chi connectivity index (χ4n) is 2.25. The van der Waals surface area contributed by atoms with Gasteiger partial charge < -0.3 is 15.4 Å². The summed E-state index contributed by atoms with van der Waals surface area (Å²) in [4.78, 5) is 12.4. The van der Waals surface area contributed by atoms with Crippen molar-refractivity contribution in [3.05, 3.63) is 22.7 Å². The molecule has 1 atom stereocenters. The molecule has 2 N–H and O–H groups in total. The third-order valence-corrected chi connectivity index (χ3v) is 4.26. The second kappa shape index (κ2) is 5.92. The summed E-state index contributed by atoms with van der Waals surface area (Å²) in [5.41, 5.74) is 0.400. The van der Waals surface area contributed by atoms with Crippen molar-refractivity contribution in [2.45, 2.75) is 19.8 Å². The van der Waals surface area contributed by atoms with Gasteiger partial charge in [0.2, 0.25) is 5.91 Å². The molecule has 0 spiro atoms. The maximum atomic E-state index is 12.4. The Labute approximate surface area is 122 Å². The molecule has 5 heteroatoms. The zero-order valence-corrected chi connectivity index (χ0v) is 12.8. The van der Waals surface area contributed by atoms with Crippen LogP contribution in [0.2, 0.25) is 0 Å². The van der Waals surface area contributed by atoms with E-state index in [4.69, 9.17) is 4.74 Å². The Kier molecular flexibility index (Phi) is 4.47. The number of methoxy groups -OCH3 is 1. The van der Waals surface area contributed by atoms with Crippen LogP contribution in [0.5, 0.6) is 5.75 Å². The zero-order valence-electron chi connectivity index (χ0n) is 11.3. The minimum atomic E-state index is -0.346. The van der Waals surface area contributed by atoms with Gasteiger partial charge in [-0.2, -0.15) is 0 Å². The van der Waals surface area contributed by atoms with Crippen LogP contribution < -0.4 is 15.4 Å². The number of carbonyl (C=O) groups excluding carboxylic acids is 1. The molecule has 1 fully saturated rings. The van der Waals surface area contributed by atoms with Crippen molar-refractivity contribution in [3.63, 3.8) is 0 Å². The topological polar surface area (TPSA) is 50.4 Å². The number of nitrogens with one attached hydrogen (secondary N) is 2. The van der Waals surface area contributed by atoms with Gasteiger partial charge in [0.1, 0.15) is 5.75 Å². The van der Waals surface area contributed by atoms with Gasteiger partial charge in [0.15, 0.2) is 0 Å². The summed E-state index contributed by atoms with van der Waals surface area (Å²) in [5, 5.41) is 6.27. The number of ether oxygens (including phenoxy) is 1. The van der Waals surface area contributed by atoms with E-state index in [0.717, 1.165) is 41.8 Å². The van der Waals surface area contributed by atoms with E-state index in [0.29, 0.717) is 0 Å². The summed E-state index contributed by atoms with van der Waals surface area (Å²) >= 11 is 3.44. The number of hydrogen-bond acceptors (Lipinski definition) is 3. The highest BCUT2D eigenvalue weighted by Gasteiger charge is 2.34. The summed E-state index contributed by atoms with van der Waals surface area (Å²) in [7, 11) is 1.61. The van der Waals surface area contributed by atoms with Crippen LogP contribution in [0, 0.1) is 5.41 Å². The number of anilines is 1. The van der Waals surface area contributed by atoms with Gasteiger partial charge in [-0.25, -0.2) is 0 Å². The average molecular weight is 327 g/mol. The fourth-order valence-corrected chi connectivity index (χ4v) is 2.60. The fraction of sp³-hybridized carbons (Fsp3) is 0.500. The molecule has 1 saturated heterocycles. The molecule has 1 aliphatic rings. The van der Waals surface area contributed by atoms with Crippen molar-refractivity contribution < 1.29 is 9.53 Å². The van der Waals surface area contributed by atoms with Crippen molar-refractivity contribution in [3.8, 4) is 5.75 Å². The van der Waals surface area contributed by atoms with E-state index in [9.17, 15) is 4.79 Å². The molecule has 1 aliphatic heterocycles. The Morgan fingerprint density at radius 1 is 1.53 bits per heavy atom. The van der Waals surface area contributed by atoms with Crippen LogP contribution >= 0.6 is 15.9 Å². The van der Waals surface area contributed by atoms with Gasteiger partial charge in [-0.05, 0) is 54.4 Å². The first-order valence-electron chi connectivity index (χ1n) is 6.41. The molecule has 0 aromatic heterocycles. The number of carbonyl (C=O) groups is 1. The highest BCUT2D eigenvalue weighted by molar-refractivity contribution is 9.10. The van der Waals surface area contributed by atoms with Crippen LogP contribution in [0.3, 0.4) is 0 Å². The Hall–Kier alpha value is -1.07. The molecule has 0 aliphatic carbocycles. The average Bonchev–Trinajstić information content (AvgIpc) is 2.42. The second-order valence-corrected chi connectivity index (χ2v) is 6.00. The number of benzene rings is 1. The predicted molar refractivity (Wildman–Crippen MR) is 79.5 cm³/mol. The van der Waals surface area contributed by atoms with Gasteiger partial charge >= 0.3 is 0 Å². The molecule has 4 nitrogen and oxygen atoms in total. The maximum absolute atomic E-state index is 12.4. The summed E-state index contributed by atoms with van der Waals surface area (Å²) in [6, 6.07) is 5.54. The standard InChI is InChI=1S/C14H19BrN2O2/c1-14(6-3-7-16-9-14)13(18)17-12-8-10(19-2)4-5-11(12)15/h4-5,8,16H,3,6-7,9H2,1-2H3,(H,17,18). The number of piperidine rings is 1. The summed E-state index contributed by atoms with van der Waals surface area (Å²) in [5.74, 6) is 0.777. The first-order valence-corrected chi connectivity index (χ1v) is 7.20. The van der Waals surface area contributed by atoms with E-state index in [2.05, 4.69) is 26.6 Å². The molecular weight excluding hydrogens is 308 g/mol. The van der Waals surface area contributed by atoms with Crippen LogP contribution in [-0.4, -0.2) is 26.1 Å². The summed E-state index contributed by atoms with van der Waals surface area (Å²) in [6.07, 6.45) is 1.94. The van der Waals surface area contributed by atoms with E-state index in [1.807, 2.05) is 25.1 Å². The molecule has 1 aromatic rings. The molecular formula is C14H19BrN2O2. The molecule has 1 aromatic carbocycles. The van der Waals surface area contributed by atoms with Crippen molar-refractivity contribution in [2.24, 2.45) is 5.41 Å². The van der Waals surface area contributed by atoms with Crippen molar-refractivity contribution in [1.29, 1.82) is 0 Å². The van der Waals surface area contributed by atoms with Crippen LogP contribution in [0.25, 0.3) is 0 Å².